The van der Waals surface area contributed by atoms with Gasteiger partial charge in [0.15, 0.2) is 12.4 Å². The number of carbonyl (C=O) groups is 2. The molecule has 6 heteroatoms. The van der Waals surface area contributed by atoms with Gasteiger partial charge in [0.25, 0.3) is 0 Å². The van der Waals surface area contributed by atoms with Crippen molar-refractivity contribution in [2.75, 3.05) is 13.2 Å². The summed E-state index contributed by atoms with van der Waals surface area (Å²) in [6.45, 7) is 5.65. The normalized spacial score (nSPS) is 14.4. The molecule has 1 aromatic carbocycles. The van der Waals surface area contributed by atoms with Crippen LogP contribution in [0.4, 0.5) is 0 Å². The number of fused-ring (bicyclic) bond motifs is 1. The summed E-state index contributed by atoms with van der Waals surface area (Å²) >= 11 is 1.56. The third-order valence-corrected chi connectivity index (χ3v) is 4.82. The largest absolute Gasteiger partial charge is 0.481 e. The lowest BCUT2D eigenvalue weighted by molar-refractivity contribution is -0.145. The molecule has 0 aliphatic carbocycles. The van der Waals surface area contributed by atoms with Gasteiger partial charge in [-0.15, -0.1) is 11.3 Å². The SMILES string of the molecule is CCOC(=O)COc1ccc2c(c1C)O/C(=C\c1sccc1C)C2=O. The van der Waals surface area contributed by atoms with Gasteiger partial charge in [-0.2, -0.15) is 0 Å². The first-order valence-electron chi connectivity index (χ1n) is 7.91. The van der Waals surface area contributed by atoms with E-state index >= 15 is 0 Å². The van der Waals surface area contributed by atoms with E-state index in [0.717, 1.165) is 10.4 Å². The molecule has 0 amide bonds. The first kappa shape index (κ1) is 17.2. The summed E-state index contributed by atoms with van der Waals surface area (Å²) in [5.41, 5.74) is 2.28. The number of ether oxygens (including phenoxy) is 3. The summed E-state index contributed by atoms with van der Waals surface area (Å²) in [5.74, 6) is 0.683. The molecule has 0 atom stereocenters. The average molecular weight is 358 g/mol. The molecule has 1 aliphatic rings. The van der Waals surface area contributed by atoms with Gasteiger partial charge in [0.1, 0.15) is 11.5 Å². The van der Waals surface area contributed by atoms with Crippen LogP contribution in [-0.2, 0) is 9.53 Å². The highest BCUT2D eigenvalue weighted by Crippen LogP contribution is 2.39. The number of hydrogen-bond donors (Lipinski definition) is 0. The number of benzene rings is 1. The van der Waals surface area contributed by atoms with Crippen LogP contribution in [0.5, 0.6) is 11.5 Å². The van der Waals surface area contributed by atoms with E-state index in [0.29, 0.717) is 35.0 Å². The van der Waals surface area contributed by atoms with E-state index in [-0.39, 0.29) is 12.4 Å². The fourth-order valence-electron chi connectivity index (χ4n) is 2.52. The van der Waals surface area contributed by atoms with Crippen LogP contribution in [0.3, 0.4) is 0 Å². The van der Waals surface area contributed by atoms with Crippen molar-refractivity contribution in [3.63, 3.8) is 0 Å². The van der Waals surface area contributed by atoms with Crippen LogP contribution in [0.2, 0.25) is 0 Å². The Morgan fingerprint density at radius 3 is 2.76 bits per heavy atom. The Kier molecular flexibility index (Phi) is 4.90. The van der Waals surface area contributed by atoms with Crippen molar-refractivity contribution in [1.29, 1.82) is 0 Å². The van der Waals surface area contributed by atoms with Crippen LogP contribution in [0, 0.1) is 13.8 Å². The number of Topliss-reactive ketones (excluding diaryl/α,β-unsaturated/α-hetero) is 1. The van der Waals surface area contributed by atoms with Crippen molar-refractivity contribution in [2.24, 2.45) is 0 Å². The Balaban J connectivity index is 1.83. The van der Waals surface area contributed by atoms with E-state index in [1.165, 1.54) is 0 Å². The van der Waals surface area contributed by atoms with Crippen molar-refractivity contribution in [2.45, 2.75) is 20.8 Å². The van der Waals surface area contributed by atoms with Crippen molar-refractivity contribution in [1.82, 2.24) is 0 Å². The number of rotatable bonds is 5. The zero-order valence-corrected chi connectivity index (χ0v) is 15.1. The highest BCUT2D eigenvalue weighted by Gasteiger charge is 2.30. The van der Waals surface area contributed by atoms with Crippen molar-refractivity contribution >= 4 is 29.2 Å². The molecule has 1 aliphatic heterocycles. The number of ketones is 1. The number of thiophene rings is 1. The summed E-state index contributed by atoms with van der Waals surface area (Å²) < 4.78 is 16.1. The molecule has 3 rings (SSSR count). The van der Waals surface area contributed by atoms with Gasteiger partial charge in [0, 0.05) is 16.5 Å². The van der Waals surface area contributed by atoms with Gasteiger partial charge >= 0.3 is 5.97 Å². The third-order valence-electron chi connectivity index (χ3n) is 3.85. The minimum absolute atomic E-state index is 0.150. The summed E-state index contributed by atoms with van der Waals surface area (Å²) in [6.07, 6.45) is 1.76. The van der Waals surface area contributed by atoms with Gasteiger partial charge in [-0.25, -0.2) is 4.79 Å². The lowest BCUT2D eigenvalue weighted by Crippen LogP contribution is -2.15. The molecule has 0 unspecified atom stereocenters. The van der Waals surface area contributed by atoms with Gasteiger partial charge < -0.3 is 14.2 Å². The van der Waals surface area contributed by atoms with E-state index < -0.39 is 5.97 Å². The fourth-order valence-corrected chi connectivity index (χ4v) is 3.36. The number of aryl methyl sites for hydroxylation is 1. The van der Waals surface area contributed by atoms with Gasteiger partial charge in [-0.3, -0.25) is 4.79 Å². The van der Waals surface area contributed by atoms with Crippen molar-refractivity contribution < 1.29 is 23.8 Å². The molecule has 130 valence electrons. The van der Waals surface area contributed by atoms with E-state index in [1.54, 1.807) is 43.4 Å². The summed E-state index contributed by atoms with van der Waals surface area (Å²) in [5, 5.41) is 1.97. The number of carbonyl (C=O) groups excluding carboxylic acids is 2. The van der Waals surface area contributed by atoms with Crippen LogP contribution in [0.1, 0.15) is 33.3 Å². The molecular weight excluding hydrogens is 340 g/mol. The van der Waals surface area contributed by atoms with E-state index in [4.69, 9.17) is 14.2 Å². The predicted octanol–water partition coefficient (Wildman–Crippen LogP) is 3.92. The molecule has 0 spiro atoms. The summed E-state index contributed by atoms with van der Waals surface area (Å²) in [6, 6.07) is 5.33. The predicted molar refractivity (Wildman–Crippen MR) is 95.3 cm³/mol. The van der Waals surface area contributed by atoms with E-state index in [1.807, 2.05) is 18.4 Å². The maximum atomic E-state index is 12.5. The molecule has 5 nitrogen and oxygen atoms in total. The van der Waals surface area contributed by atoms with Crippen LogP contribution < -0.4 is 9.47 Å². The first-order valence-corrected chi connectivity index (χ1v) is 8.79. The molecule has 0 bridgehead atoms. The maximum Gasteiger partial charge on any atom is 0.344 e. The molecule has 0 N–H and O–H groups in total. The van der Waals surface area contributed by atoms with Crippen LogP contribution >= 0.6 is 11.3 Å². The quantitative estimate of drug-likeness (QED) is 0.599. The summed E-state index contributed by atoms with van der Waals surface area (Å²) in [4.78, 5) is 25.0. The van der Waals surface area contributed by atoms with Crippen LogP contribution in [0.25, 0.3) is 6.08 Å². The number of esters is 1. The molecule has 1 aromatic heterocycles. The highest BCUT2D eigenvalue weighted by atomic mass is 32.1. The first-order chi connectivity index (χ1) is 12.0. The van der Waals surface area contributed by atoms with Crippen molar-refractivity contribution in [3.8, 4) is 11.5 Å². The molecule has 2 aromatic rings. The molecule has 0 saturated heterocycles. The topological polar surface area (TPSA) is 61.8 Å². The minimum atomic E-state index is -0.437. The lowest BCUT2D eigenvalue weighted by atomic mass is 10.1. The second kappa shape index (κ2) is 7.11. The lowest BCUT2D eigenvalue weighted by Gasteiger charge is -2.10. The highest BCUT2D eigenvalue weighted by molar-refractivity contribution is 7.11. The second-order valence-corrected chi connectivity index (χ2v) is 6.51. The number of hydrogen-bond acceptors (Lipinski definition) is 6. The molecule has 0 saturated carbocycles. The molecular formula is C19H18O5S. The van der Waals surface area contributed by atoms with Crippen LogP contribution in [0.15, 0.2) is 29.3 Å². The standard InChI is InChI=1S/C19H18O5S/c1-4-22-17(20)10-23-14-6-5-13-18(21)15(24-19(13)12(14)3)9-16-11(2)7-8-25-16/h5-9H,4,10H2,1-3H3/b15-9-. The molecule has 0 fully saturated rings. The molecule has 0 radical (unpaired) electrons. The molecule has 2 heterocycles. The van der Waals surface area contributed by atoms with Gasteiger partial charge in [-0.05, 0) is 49.9 Å². The Bertz CT molecular complexity index is 863. The Morgan fingerprint density at radius 1 is 1.28 bits per heavy atom. The summed E-state index contributed by atoms with van der Waals surface area (Å²) in [7, 11) is 0. The van der Waals surface area contributed by atoms with Gasteiger partial charge in [0.2, 0.25) is 5.78 Å². The fraction of sp³-hybridized carbons (Fsp3) is 0.263. The Hall–Kier alpha value is -2.60. The Morgan fingerprint density at radius 2 is 2.08 bits per heavy atom. The zero-order valence-electron chi connectivity index (χ0n) is 14.3. The van der Waals surface area contributed by atoms with Crippen LogP contribution in [-0.4, -0.2) is 25.0 Å². The van der Waals surface area contributed by atoms with Crippen molar-refractivity contribution in [3.05, 3.63) is 50.9 Å². The Labute approximate surface area is 149 Å². The van der Waals surface area contributed by atoms with E-state index in [2.05, 4.69) is 0 Å². The third kappa shape index (κ3) is 3.44. The zero-order chi connectivity index (χ0) is 18.0. The molecule has 25 heavy (non-hydrogen) atoms. The minimum Gasteiger partial charge on any atom is -0.481 e. The van der Waals surface area contributed by atoms with E-state index in [9.17, 15) is 9.59 Å². The monoisotopic (exact) mass is 358 g/mol. The second-order valence-electron chi connectivity index (χ2n) is 5.57. The average Bonchev–Trinajstić information content (AvgIpc) is 3.13. The number of allylic oxidation sites excluding steroid dienone is 1. The van der Waals surface area contributed by atoms with Gasteiger partial charge in [0.05, 0.1) is 12.2 Å². The van der Waals surface area contributed by atoms with Gasteiger partial charge in [-0.1, -0.05) is 0 Å². The maximum absolute atomic E-state index is 12.5. The smallest absolute Gasteiger partial charge is 0.344 e.